The lowest BCUT2D eigenvalue weighted by Crippen LogP contribution is -2.50. The first kappa shape index (κ1) is 13.7. The number of tetrazole rings is 1. The van der Waals surface area contributed by atoms with Crippen molar-refractivity contribution in [3.63, 3.8) is 0 Å². The van der Waals surface area contributed by atoms with E-state index in [0.717, 1.165) is 24.5 Å². The van der Waals surface area contributed by atoms with Gasteiger partial charge in [0.1, 0.15) is 6.04 Å². The van der Waals surface area contributed by atoms with Crippen LogP contribution >= 0.6 is 0 Å². The van der Waals surface area contributed by atoms with E-state index in [-0.39, 0.29) is 6.04 Å². The lowest BCUT2D eigenvalue weighted by molar-refractivity contribution is 0.182. The molecule has 2 heterocycles. The zero-order valence-electron chi connectivity index (χ0n) is 11.7. The average molecular weight is 283 g/mol. The smallest absolute Gasteiger partial charge is 0.165 e. The van der Waals surface area contributed by atoms with Crippen LogP contribution in [0.25, 0.3) is 0 Å². The van der Waals surface area contributed by atoms with Crippen molar-refractivity contribution >= 4 is 0 Å². The van der Waals surface area contributed by atoms with Crippen molar-refractivity contribution in [2.45, 2.75) is 19.1 Å². The van der Waals surface area contributed by atoms with Crippen LogP contribution in [0.4, 0.5) is 0 Å². The summed E-state index contributed by atoms with van der Waals surface area (Å²) in [5.74, 6) is 0.793. The lowest BCUT2D eigenvalue weighted by Gasteiger charge is -2.31. The predicted molar refractivity (Wildman–Crippen MR) is 76.0 cm³/mol. The van der Waals surface area contributed by atoms with E-state index >= 15 is 0 Å². The van der Waals surface area contributed by atoms with Crippen molar-refractivity contribution in [1.82, 2.24) is 30.4 Å². The van der Waals surface area contributed by atoms with Crippen LogP contribution in [0.1, 0.15) is 11.4 Å². The third-order valence-corrected chi connectivity index (χ3v) is 3.63. The van der Waals surface area contributed by atoms with E-state index in [9.17, 15) is 5.26 Å². The maximum absolute atomic E-state index is 9.20. The average Bonchev–Trinajstić information content (AvgIpc) is 2.96. The van der Waals surface area contributed by atoms with Gasteiger partial charge in [-0.15, -0.1) is 5.10 Å². The number of nitriles is 1. The first-order valence-electron chi connectivity index (χ1n) is 7.00. The van der Waals surface area contributed by atoms with E-state index in [1.807, 2.05) is 30.3 Å². The largest absolute Gasteiger partial charge is 0.313 e. The topological polar surface area (TPSA) is 82.7 Å². The third-order valence-electron chi connectivity index (χ3n) is 3.63. The van der Waals surface area contributed by atoms with Gasteiger partial charge in [-0.1, -0.05) is 30.3 Å². The van der Waals surface area contributed by atoms with E-state index < -0.39 is 0 Å². The number of piperazine rings is 1. The molecular formula is C14H17N7. The van der Waals surface area contributed by atoms with Crippen molar-refractivity contribution in [3.8, 4) is 6.07 Å². The molecule has 108 valence electrons. The Labute approximate surface area is 123 Å². The molecule has 0 aliphatic carbocycles. The molecule has 7 nitrogen and oxygen atoms in total. The third kappa shape index (κ3) is 3.24. The Kier molecular flexibility index (Phi) is 4.19. The monoisotopic (exact) mass is 283 g/mol. The number of benzene rings is 1. The molecule has 0 spiro atoms. The van der Waals surface area contributed by atoms with Gasteiger partial charge < -0.3 is 5.32 Å². The van der Waals surface area contributed by atoms with Crippen LogP contribution in [0.2, 0.25) is 0 Å². The van der Waals surface area contributed by atoms with Crippen molar-refractivity contribution in [3.05, 3.63) is 41.7 Å². The molecule has 3 rings (SSSR count). The number of aromatic nitrogens is 4. The minimum atomic E-state index is -0.124. The summed E-state index contributed by atoms with van der Waals surface area (Å²) in [7, 11) is 0. The highest BCUT2D eigenvalue weighted by Crippen LogP contribution is 2.09. The van der Waals surface area contributed by atoms with Gasteiger partial charge in [0.05, 0.1) is 19.2 Å². The molecular weight excluding hydrogens is 266 g/mol. The SMILES string of the molecule is N#CC1CNCCN1Cc1nnnn1Cc1ccccc1. The zero-order chi connectivity index (χ0) is 14.5. The van der Waals surface area contributed by atoms with Crippen LogP contribution in [0.5, 0.6) is 0 Å². The van der Waals surface area contributed by atoms with Crippen LogP contribution < -0.4 is 5.32 Å². The predicted octanol–water partition coefficient (Wildman–Crippen LogP) is 0.0188. The summed E-state index contributed by atoms with van der Waals surface area (Å²) in [4.78, 5) is 2.11. The Morgan fingerprint density at radius 2 is 2.14 bits per heavy atom. The molecule has 0 bridgehead atoms. The molecule has 1 N–H and O–H groups in total. The van der Waals surface area contributed by atoms with Gasteiger partial charge in [0.25, 0.3) is 0 Å². The molecule has 1 saturated heterocycles. The molecule has 1 aromatic carbocycles. The standard InChI is InChI=1S/C14H17N7/c15-8-13-9-16-6-7-20(13)11-14-17-18-19-21(14)10-12-4-2-1-3-5-12/h1-5,13,16H,6-7,9-11H2. The number of rotatable bonds is 4. The molecule has 2 aromatic rings. The maximum atomic E-state index is 9.20. The summed E-state index contributed by atoms with van der Waals surface area (Å²) >= 11 is 0. The van der Waals surface area contributed by atoms with E-state index in [2.05, 4.69) is 31.8 Å². The van der Waals surface area contributed by atoms with Gasteiger partial charge in [0, 0.05) is 19.6 Å². The fraction of sp³-hybridized carbons (Fsp3) is 0.429. The summed E-state index contributed by atoms with van der Waals surface area (Å²) < 4.78 is 1.80. The van der Waals surface area contributed by atoms with Gasteiger partial charge in [-0.2, -0.15) is 5.26 Å². The minimum Gasteiger partial charge on any atom is -0.313 e. The summed E-state index contributed by atoms with van der Waals surface area (Å²) in [6.07, 6.45) is 0. The van der Waals surface area contributed by atoms with Gasteiger partial charge in [0.2, 0.25) is 0 Å². The minimum absolute atomic E-state index is 0.124. The Morgan fingerprint density at radius 3 is 2.95 bits per heavy atom. The molecule has 0 amide bonds. The number of hydrogen-bond acceptors (Lipinski definition) is 6. The molecule has 1 aliphatic heterocycles. The molecule has 0 radical (unpaired) electrons. The fourth-order valence-electron chi connectivity index (χ4n) is 2.46. The van der Waals surface area contributed by atoms with E-state index in [0.29, 0.717) is 19.6 Å². The summed E-state index contributed by atoms with van der Waals surface area (Å²) in [5.41, 5.74) is 1.16. The van der Waals surface area contributed by atoms with E-state index in [1.165, 1.54) is 0 Å². The van der Waals surface area contributed by atoms with Crippen molar-refractivity contribution < 1.29 is 0 Å². The van der Waals surface area contributed by atoms with E-state index in [1.54, 1.807) is 4.68 Å². The highest BCUT2D eigenvalue weighted by atomic mass is 15.5. The van der Waals surface area contributed by atoms with Crippen LogP contribution in [-0.2, 0) is 13.1 Å². The normalized spacial score (nSPS) is 19.3. The Balaban J connectivity index is 1.72. The molecule has 0 saturated carbocycles. The molecule has 1 atom stereocenters. The number of nitrogens with one attached hydrogen (secondary N) is 1. The number of hydrogen-bond donors (Lipinski definition) is 1. The highest BCUT2D eigenvalue weighted by molar-refractivity contribution is 5.15. The van der Waals surface area contributed by atoms with Gasteiger partial charge in [-0.3, -0.25) is 4.90 Å². The van der Waals surface area contributed by atoms with Crippen molar-refractivity contribution in [1.29, 1.82) is 5.26 Å². The molecule has 7 heteroatoms. The van der Waals surface area contributed by atoms with Gasteiger partial charge in [0.15, 0.2) is 5.82 Å². The molecule has 1 fully saturated rings. The zero-order valence-corrected chi connectivity index (χ0v) is 11.7. The fourth-order valence-corrected chi connectivity index (χ4v) is 2.46. The maximum Gasteiger partial charge on any atom is 0.165 e. The Morgan fingerprint density at radius 1 is 1.29 bits per heavy atom. The van der Waals surface area contributed by atoms with Gasteiger partial charge in [-0.05, 0) is 16.0 Å². The van der Waals surface area contributed by atoms with Crippen molar-refractivity contribution in [2.24, 2.45) is 0 Å². The second kappa shape index (κ2) is 6.43. The lowest BCUT2D eigenvalue weighted by atomic mass is 10.2. The molecule has 1 unspecified atom stereocenters. The Bertz CT molecular complexity index is 616. The van der Waals surface area contributed by atoms with Gasteiger partial charge in [-0.25, -0.2) is 4.68 Å². The Hall–Kier alpha value is -2.30. The first-order valence-corrected chi connectivity index (χ1v) is 7.00. The molecule has 1 aromatic heterocycles. The van der Waals surface area contributed by atoms with Crippen molar-refractivity contribution in [2.75, 3.05) is 19.6 Å². The highest BCUT2D eigenvalue weighted by Gasteiger charge is 2.23. The van der Waals surface area contributed by atoms with Crippen LogP contribution in [-0.4, -0.2) is 50.8 Å². The molecule has 21 heavy (non-hydrogen) atoms. The number of nitrogens with zero attached hydrogens (tertiary/aromatic N) is 6. The first-order chi connectivity index (χ1) is 10.4. The summed E-state index contributed by atoms with van der Waals surface area (Å²) in [5, 5.41) is 24.4. The van der Waals surface area contributed by atoms with Crippen LogP contribution in [0.3, 0.4) is 0 Å². The van der Waals surface area contributed by atoms with Crippen LogP contribution in [0.15, 0.2) is 30.3 Å². The summed E-state index contributed by atoms with van der Waals surface area (Å²) in [6.45, 7) is 3.65. The van der Waals surface area contributed by atoms with Crippen LogP contribution in [0, 0.1) is 11.3 Å². The second-order valence-electron chi connectivity index (χ2n) is 5.06. The second-order valence-corrected chi connectivity index (χ2v) is 5.06. The van der Waals surface area contributed by atoms with Gasteiger partial charge >= 0.3 is 0 Å². The molecule has 1 aliphatic rings. The van der Waals surface area contributed by atoms with E-state index in [4.69, 9.17) is 0 Å². The quantitative estimate of drug-likeness (QED) is 0.851. The summed E-state index contributed by atoms with van der Waals surface area (Å²) in [6, 6.07) is 12.3.